The summed E-state index contributed by atoms with van der Waals surface area (Å²) in [5.41, 5.74) is 1.47. The van der Waals surface area contributed by atoms with Crippen LogP contribution in [0.1, 0.15) is 55.8 Å². The zero-order chi connectivity index (χ0) is 22.4. The Morgan fingerprint density at radius 3 is 2.65 bits per heavy atom. The second-order valence-electron chi connectivity index (χ2n) is 8.47. The van der Waals surface area contributed by atoms with Crippen LogP contribution in [0, 0.1) is 19.8 Å². The number of rotatable bonds is 8. The molecule has 7 heteroatoms. The van der Waals surface area contributed by atoms with Crippen molar-refractivity contribution in [3.8, 4) is 0 Å². The van der Waals surface area contributed by atoms with Crippen molar-refractivity contribution in [2.75, 3.05) is 18.4 Å². The number of nitrogens with one attached hydrogen (secondary N) is 3. The molecule has 0 radical (unpaired) electrons. The lowest BCUT2D eigenvalue weighted by molar-refractivity contribution is -0.122. The predicted octanol–water partition coefficient (Wildman–Crippen LogP) is 3.60. The standard InChI is InChI=1S/C24H34N4O3/c1-5-25-23(27-15-24(4,30)21-12-16(2)31-17(21)3)26-14-18-8-6-11-20(13-18)28-22(29)19-9-7-10-19/h6,8,11-13,19,30H,5,7,9-10,14-15H2,1-4H3,(H,28,29)(H2,25,26,27). The Morgan fingerprint density at radius 1 is 1.26 bits per heavy atom. The summed E-state index contributed by atoms with van der Waals surface area (Å²) < 4.78 is 5.56. The molecular weight excluding hydrogens is 392 g/mol. The topological polar surface area (TPSA) is 98.9 Å². The van der Waals surface area contributed by atoms with Gasteiger partial charge in [-0.05, 0) is 64.3 Å². The maximum absolute atomic E-state index is 12.2. The van der Waals surface area contributed by atoms with Crippen molar-refractivity contribution in [1.29, 1.82) is 0 Å². The van der Waals surface area contributed by atoms with Gasteiger partial charge >= 0.3 is 0 Å². The Kier molecular flexibility index (Phi) is 7.38. The lowest BCUT2D eigenvalue weighted by atomic mass is 9.85. The lowest BCUT2D eigenvalue weighted by Gasteiger charge is -2.24. The average molecular weight is 427 g/mol. The van der Waals surface area contributed by atoms with Crippen LogP contribution in [0.2, 0.25) is 0 Å². The molecule has 7 nitrogen and oxygen atoms in total. The van der Waals surface area contributed by atoms with Gasteiger partial charge in [0.25, 0.3) is 0 Å². The lowest BCUT2D eigenvalue weighted by Crippen LogP contribution is -2.44. The van der Waals surface area contributed by atoms with Crippen molar-refractivity contribution in [3.05, 3.63) is 53.0 Å². The minimum Gasteiger partial charge on any atom is -0.466 e. The van der Waals surface area contributed by atoms with Gasteiger partial charge in [-0.25, -0.2) is 4.99 Å². The van der Waals surface area contributed by atoms with E-state index in [0.29, 0.717) is 24.8 Å². The van der Waals surface area contributed by atoms with Crippen LogP contribution in [0.4, 0.5) is 5.69 Å². The summed E-state index contributed by atoms with van der Waals surface area (Å²) in [5, 5.41) is 20.4. The molecule has 3 rings (SSSR count). The number of aliphatic hydroxyl groups is 1. The van der Waals surface area contributed by atoms with Gasteiger partial charge in [0.15, 0.2) is 5.96 Å². The highest BCUT2D eigenvalue weighted by molar-refractivity contribution is 5.93. The number of furan rings is 1. The van der Waals surface area contributed by atoms with Gasteiger partial charge in [-0.3, -0.25) is 4.79 Å². The molecule has 0 saturated heterocycles. The third-order valence-corrected chi connectivity index (χ3v) is 5.66. The van der Waals surface area contributed by atoms with Crippen molar-refractivity contribution in [2.24, 2.45) is 10.9 Å². The van der Waals surface area contributed by atoms with E-state index < -0.39 is 5.60 Å². The van der Waals surface area contributed by atoms with E-state index in [1.54, 1.807) is 6.92 Å². The summed E-state index contributed by atoms with van der Waals surface area (Å²) in [6.07, 6.45) is 3.10. The van der Waals surface area contributed by atoms with E-state index in [1.165, 1.54) is 0 Å². The number of hydrogen-bond donors (Lipinski definition) is 4. The van der Waals surface area contributed by atoms with Gasteiger partial charge in [-0.2, -0.15) is 0 Å². The van der Waals surface area contributed by atoms with Crippen molar-refractivity contribution < 1.29 is 14.3 Å². The van der Waals surface area contributed by atoms with Gasteiger partial charge in [-0.15, -0.1) is 0 Å². The molecule has 4 N–H and O–H groups in total. The fraction of sp³-hybridized carbons (Fsp3) is 0.500. The minimum absolute atomic E-state index is 0.105. The smallest absolute Gasteiger partial charge is 0.227 e. The SMILES string of the molecule is CCNC(=NCc1cccc(NC(=O)C2CCC2)c1)NCC(C)(O)c1cc(C)oc1C. The number of hydrogen-bond acceptors (Lipinski definition) is 4. The van der Waals surface area contributed by atoms with E-state index >= 15 is 0 Å². The van der Waals surface area contributed by atoms with Crippen LogP contribution in [0.5, 0.6) is 0 Å². The first kappa shape index (κ1) is 22.9. The largest absolute Gasteiger partial charge is 0.466 e. The predicted molar refractivity (Wildman–Crippen MR) is 123 cm³/mol. The van der Waals surface area contributed by atoms with Crippen LogP contribution in [-0.2, 0) is 16.9 Å². The summed E-state index contributed by atoms with van der Waals surface area (Å²) in [5.74, 6) is 2.37. The normalized spacial score (nSPS) is 16.4. The molecule has 1 saturated carbocycles. The number of benzene rings is 1. The molecule has 1 fully saturated rings. The van der Waals surface area contributed by atoms with Crippen LogP contribution >= 0.6 is 0 Å². The summed E-state index contributed by atoms with van der Waals surface area (Å²) in [6.45, 7) is 8.92. The van der Waals surface area contributed by atoms with E-state index in [0.717, 1.165) is 41.8 Å². The molecule has 1 atom stereocenters. The Bertz CT molecular complexity index is 929. The van der Waals surface area contributed by atoms with E-state index in [4.69, 9.17) is 4.42 Å². The first-order valence-corrected chi connectivity index (χ1v) is 11.0. The van der Waals surface area contributed by atoms with Crippen molar-refractivity contribution in [3.63, 3.8) is 0 Å². The number of amides is 1. The van der Waals surface area contributed by atoms with Crippen LogP contribution in [0.15, 0.2) is 39.7 Å². The third-order valence-electron chi connectivity index (χ3n) is 5.66. The number of guanidine groups is 1. The Labute approximate surface area is 184 Å². The molecule has 2 aromatic rings. The highest BCUT2D eigenvalue weighted by Crippen LogP contribution is 2.28. The number of carbonyl (C=O) groups is 1. The Morgan fingerprint density at radius 2 is 2.03 bits per heavy atom. The quantitative estimate of drug-likeness (QED) is 0.382. The van der Waals surface area contributed by atoms with E-state index in [9.17, 15) is 9.90 Å². The highest BCUT2D eigenvalue weighted by atomic mass is 16.3. The molecular formula is C24H34N4O3. The first-order chi connectivity index (χ1) is 14.8. The van der Waals surface area contributed by atoms with Crippen molar-refractivity contribution >= 4 is 17.6 Å². The second kappa shape index (κ2) is 10.0. The average Bonchev–Trinajstić information content (AvgIpc) is 3.02. The maximum Gasteiger partial charge on any atom is 0.227 e. The van der Waals surface area contributed by atoms with Crippen LogP contribution in [0.25, 0.3) is 0 Å². The summed E-state index contributed by atoms with van der Waals surface area (Å²) >= 11 is 0. The monoisotopic (exact) mass is 426 g/mol. The van der Waals surface area contributed by atoms with Crippen molar-refractivity contribution in [1.82, 2.24) is 10.6 Å². The second-order valence-corrected chi connectivity index (χ2v) is 8.47. The van der Waals surface area contributed by atoms with Crippen molar-refractivity contribution in [2.45, 2.75) is 59.1 Å². The van der Waals surface area contributed by atoms with Crippen LogP contribution in [0.3, 0.4) is 0 Å². The van der Waals surface area contributed by atoms with Crippen LogP contribution in [-0.4, -0.2) is 30.1 Å². The van der Waals surface area contributed by atoms with Gasteiger partial charge in [0.05, 0.1) is 13.1 Å². The highest BCUT2D eigenvalue weighted by Gasteiger charge is 2.28. The molecule has 1 aliphatic rings. The molecule has 1 amide bonds. The molecule has 1 aromatic heterocycles. The number of carbonyl (C=O) groups excluding carboxylic acids is 1. The molecule has 1 aliphatic carbocycles. The number of anilines is 1. The molecule has 0 bridgehead atoms. The third kappa shape index (κ3) is 6.10. The summed E-state index contributed by atoms with van der Waals surface area (Å²) in [7, 11) is 0. The zero-order valence-corrected chi connectivity index (χ0v) is 18.9. The van der Waals surface area contributed by atoms with Gasteiger partial charge in [0.1, 0.15) is 17.1 Å². The minimum atomic E-state index is -1.09. The molecule has 0 spiro atoms. The Balaban J connectivity index is 1.62. The van der Waals surface area contributed by atoms with Gasteiger partial charge in [0.2, 0.25) is 5.91 Å². The molecule has 0 aliphatic heterocycles. The maximum atomic E-state index is 12.2. The van der Waals surface area contributed by atoms with Gasteiger partial charge in [-0.1, -0.05) is 18.6 Å². The fourth-order valence-corrected chi connectivity index (χ4v) is 3.69. The fourth-order valence-electron chi connectivity index (χ4n) is 3.69. The molecule has 168 valence electrons. The first-order valence-electron chi connectivity index (χ1n) is 11.0. The van der Waals surface area contributed by atoms with E-state index in [1.807, 2.05) is 51.1 Å². The molecule has 1 aromatic carbocycles. The number of nitrogens with zero attached hydrogens (tertiary/aromatic N) is 1. The van der Waals surface area contributed by atoms with Crippen LogP contribution < -0.4 is 16.0 Å². The number of aryl methyl sites for hydroxylation is 2. The van der Waals surface area contributed by atoms with Gasteiger partial charge < -0.3 is 25.5 Å². The number of aliphatic imine (C=N–C) groups is 1. The van der Waals surface area contributed by atoms with Gasteiger partial charge in [0, 0.05) is 23.7 Å². The Hall–Kier alpha value is -2.80. The summed E-state index contributed by atoms with van der Waals surface area (Å²) in [6, 6.07) is 9.64. The molecule has 1 unspecified atom stereocenters. The molecule has 1 heterocycles. The zero-order valence-electron chi connectivity index (χ0n) is 18.9. The van der Waals surface area contributed by atoms with E-state index in [2.05, 4.69) is 20.9 Å². The van der Waals surface area contributed by atoms with E-state index in [-0.39, 0.29) is 18.4 Å². The molecule has 31 heavy (non-hydrogen) atoms. The summed E-state index contributed by atoms with van der Waals surface area (Å²) in [4.78, 5) is 16.8.